The molecule has 0 radical (unpaired) electrons. The first-order valence-corrected chi connectivity index (χ1v) is 27.2. The van der Waals surface area contributed by atoms with E-state index in [-0.39, 0.29) is 53.1 Å². The van der Waals surface area contributed by atoms with Crippen LogP contribution in [0.2, 0.25) is 10.0 Å². The number of benzene rings is 4. The van der Waals surface area contributed by atoms with E-state index in [1.165, 1.54) is 24.3 Å². The number of nitrogens with zero attached hydrogens (tertiary/aromatic N) is 5. The monoisotopic (exact) mass is 1080 g/mol. The molecule has 0 saturated carbocycles. The molecule has 0 aliphatic carbocycles. The quantitative estimate of drug-likeness (QED) is 0.0189. The molecule has 1 aromatic heterocycles. The summed E-state index contributed by atoms with van der Waals surface area (Å²) in [6.07, 6.45) is 12.0. The number of halogens is 3. The molecular formula is C51H55Cl3N7O9S2+. The van der Waals surface area contributed by atoms with E-state index < -0.39 is 31.1 Å². The molecule has 380 valence electrons. The largest absolute Gasteiger partial charge is 0.460 e. The standard InChI is InChI=1S/C51H54Cl3N7O9S2/c1-6-59-42-24-21-36(71(64,65)66)30-38(42)50(2,3)44(59)13-9-7-10-14-45-51(4,5)39-31-37(72(67,68)69)22-25-43(39)60(45)27-12-8-11-15-46(62)55-26-28-70-49-57-48(33-16-23-40(53)41(54)29-33)61(58-49)35-19-17-34(18-20-35)56-47(63)32-52/h7,9-10,13-14,16-25,29-31H,6,8,11-12,15,26-28,32H2,1-5H3,(H3-,55,56,62,63,64,65,66,67,68,69)/p+1. The third-order valence-corrected chi connectivity index (χ3v) is 15.3. The van der Waals surface area contributed by atoms with Crippen molar-refractivity contribution in [2.45, 2.75) is 80.9 Å². The van der Waals surface area contributed by atoms with E-state index in [1.807, 2.05) is 65.0 Å². The highest BCUT2D eigenvalue weighted by molar-refractivity contribution is 7.86. The number of rotatable bonds is 20. The number of likely N-dealkylation sites (N-methyl/N-ethyl adjacent to an activating group) is 1. The zero-order chi connectivity index (χ0) is 52.2. The number of fused-ring (bicyclic) bond motifs is 2. The molecule has 2 aliphatic rings. The van der Waals surface area contributed by atoms with Crippen molar-refractivity contribution >= 4 is 89.6 Å². The minimum Gasteiger partial charge on any atom is -0.460 e. The van der Waals surface area contributed by atoms with Gasteiger partial charge in [0.2, 0.25) is 17.5 Å². The second-order valence-corrected chi connectivity index (χ2v) is 22.1. The lowest BCUT2D eigenvalue weighted by Crippen LogP contribution is -2.28. The summed E-state index contributed by atoms with van der Waals surface area (Å²) in [7, 11) is -8.84. The van der Waals surface area contributed by atoms with Gasteiger partial charge in [-0.2, -0.15) is 26.4 Å². The van der Waals surface area contributed by atoms with Crippen LogP contribution in [0.25, 0.3) is 17.1 Å². The van der Waals surface area contributed by atoms with Gasteiger partial charge in [-0.1, -0.05) is 55.3 Å². The molecule has 0 unspecified atom stereocenters. The van der Waals surface area contributed by atoms with Crippen molar-refractivity contribution in [2.24, 2.45) is 0 Å². The molecular weight excluding hydrogens is 1030 g/mol. The number of aromatic nitrogens is 3. The van der Waals surface area contributed by atoms with Crippen molar-refractivity contribution < 1.29 is 44.8 Å². The molecule has 0 bridgehead atoms. The number of nitrogens with one attached hydrogen (secondary N) is 2. The Morgan fingerprint density at radius 2 is 1.50 bits per heavy atom. The summed E-state index contributed by atoms with van der Waals surface area (Å²) in [6.45, 7) is 11.5. The average molecular weight is 1080 g/mol. The van der Waals surface area contributed by atoms with Crippen molar-refractivity contribution in [3.8, 4) is 23.1 Å². The predicted molar refractivity (Wildman–Crippen MR) is 281 cm³/mol. The van der Waals surface area contributed by atoms with Crippen LogP contribution in [-0.4, -0.2) is 94.9 Å². The molecule has 0 saturated heterocycles. The average Bonchev–Trinajstić information content (AvgIpc) is 3.92. The minimum atomic E-state index is -4.46. The third kappa shape index (κ3) is 12.0. The Morgan fingerprint density at radius 1 is 0.806 bits per heavy atom. The topological polar surface area (TPSA) is 213 Å². The molecule has 3 heterocycles. The third-order valence-electron chi connectivity index (χ3n) is 12.6. The molecule has 4 aromatic carbocycles. The van der Waals surface area contributed by atoms with Crippen LogP contribution in [0, 0.1) is 0 Å². The summed E-state index contributed by atoms with van der Waals surface area (Å²) in [5.41, 5.74) is 5.68. The Hall–Kier alpha value is -5.86. The highest BCUT2D eigenvalue weighted by Crippen LogP contribution is 2.48. The number of alkyl halides is 1. The van der Waals surface area contributed by atoms with E-state index in [1.54, 1.807) is 59.3 Å². The van der Waals surface area contributed by atoms with Crippen LogP contribution in [-0.2, 0) is 40.7 Å². The van der Waals surface area contributed by atoms with Gasteiger partial charge in [-0.25, -0.2) is 4.68 Å². The maximum absolute atomic E-state index is 12.9. The number of hydrogen-bond donors (Lipinski definition) is 4. The van der Waals surface area contributed by atoms with Gasteiger partial charge < -0.3 is 20.3 Å². The fourth-order valence-electron chi connectivity index (χ4n) is 8.96. The Kier molecular flexibility index (Phi) is 16.5. The summed E-state index contributed by atoms with van der Waals surface area (Å²) < 4.78 is 77.5. The van der Waals surface area contributed by atoms with Gasteiger partial charge in [0, 0.05) is 65.1 Å². The Labute approximate surface area is 434 Å². The van der Waals surface area contributed by atoms with Crippen molar-refractivity contribution in [3.05, 3.63) is 136 Å². The Balaban J connectivity index is 0.973. The summed E-state index contributed by atoms with van der Waals surface area (Å²) in [6, 6.07) is 21.3. The molecule has 4 N–H and O–H groups in total. The van der Waals surface area contributed by atoms with Gasteiger partial charge in [0.05, 0.1) is 37.5 Å². The van der Waals surface area contributed by atoms with Crippen LogP contribution in [0.15, 0.2) is 125 Å². The molecule has 0 atom stereocenters. The zero-order valence-electron chi connectivity index (χ0n) is 40.2. The van der Waals surface area contributed by atoms with Gasteiger partial charge in [-0.3, -0.25) is 18.7 Å². The Bertz CT molecular complexity index is 3260. The lowest BCUT2D eigenvalue weighted by molar-refractivity contribution is -0.438. The van der Waals surface area contributed by atoms with E-state index in [0.717, 1.165) is 40.3 Å². The van der Waals surface area contributed by atoms with Crippen LogP contribution >= 0.6 is 34.8 Å². The number of unbranched alkanes of at least 4 members (excludes halogenated alkanes) is 2. The lowest BCUT2D eigenvalue weighted by atomic mass is 9.81. The maximum atomic E-state index is 12.9. The van der Waals surface area contributed by atoms with Gasteiger partial charge in [-0.15, -0.1) is 16.7 Å². The van der Waals surface area contributed by atoms with E-state index in [4.69, 9.17) is 39.5 Å². The maximum Gasteiger partial charge on any atom is 0.336 e. The smallest absolute Gasteiger partial charge is 0.336 e. The summed E-state index contributed by atoms with van der Waals surface area (Å²) in [5.74, 6) is -0.248. The van der Waals surface area contributed by atoms with Crippen LogP contribution in [0.1, 0.15) is 71.4 Å². The van der Waals surface area contributed by atoms with E-state index in [0.29, 0.717) is 58.7 Å². The highest BCUT2D eigenvalue weighted by Gasteiger charge is 2.45. The van der Waals surface area contributed by atoms with Crippen molar-refractivity contribution in [3.63, 3.8) is 0 Å². The molecule has 7 rings (SSSR count). The van der Waals surface area contributed by atoms with E-state index in [2.05, 4.69) is 30.2 Å². The van der Waals surface area contributed by atoms with Gasteiger partial charge in [0.25, 0.3) is 20.2 Å². The number of carbonyl (C=O) groups is 2. The molecule has 72 heavy (non-hydrogen) atoms. The molecule has 2 aliphatic heterocycles. The zero-order valence-corrected chi connectivity index (χ0v) is 44.1. The normalized spacial score (nSPS) is 15.7. The van der Waals surface area contributed by atoms with Gasteiger partial charge in [-0.05, 0) is 118 Å². The minimum absolute atomic E-state index is 0.0639. The molecule has 0 spiro atoms. The molecule has 2 amide bonds. The first kappa shape index (κ1) is 53.9. The van der Waals surface area contributed by atoms with Gasteiger partial charge in [0.1, 0.15) is 19.0 Å². The number of amides is 2. The van der Waals surface area contributed by atoms with Gasteiger partial charge >= 0.3 is 6.01 Å². The number of hydrogen-bond acceptors (Lipinski definition) is 10. The van der Waals surface area contributed by atoms with Crippen LogP contribution in [0.4, 0.5) is 17.1 Å². The molecule has 5 aromatic rings. The molecule has 16 nitrogen and oxygen atoms in total. The SMILES string of the molecule is CCN1C(=CC=CC=CC2=[N+](CCCCCC(=O)NCCOc3nc(-c4ccc(Cl)c(Cl)c4)n(-c4ccc(NC(=O)CCl)cc4)n3)c3ccc(S(=O)(=O)O)cc3C2(C)C)C(C)(C)c2cc(S(=O)(=O)O)ccc21. The highest BCUT2D eigenvalue weighted by atomic mass is 35.5. The summed E-state index contributed by atoms with van der Waals surface area (Å²) in [4.78, 5) is 31.1. The van der Waals surface area contributed by atoms with Crippen molar-refractivity contribution in [1.29, 1.82) is 0 Å². The number of carbonyl (C=O) groups excluding carboxylic acids is 2. The van der Waals surface area contributed by atoms with Crippen LogP contribution < -0.4 is 20.3 Å². The predicted octanol–water partition coefficient (Wildman–Crippen LogP) is 9.86. The number of anilines is 2. The second kappa shape index (κ2) is 22.1. The van der Waals surface area contributed by atoms with Crippen LogP contribution in [0.3, 0.4) is 0 Å². The van der Waals surface area contributed by atoms with Crippen molar-refractivity contribution in [1.82, 2.24) is 20.1 Å². The van der Waals surface area contributed by atoms with Gasteiger partial charge in [0.15, 0.2) is 11.5 Å². The molecule has 21 heteroatoms. The van der Waals surface area contributed by atoms with Crippen molar-refractivity contribution in [2.75, 3.05) is 42.3 Å². The summed E-state index contributed by atoms with van der Waals surface area (Å²) in [5, 5.41) is 10.8. The fraction of sp³-hybridized carbons (Fsp3) is 0.314. The first-order chi connectivity index (χ1) is 34.0. The first-order valence-electron chi connectivity index (χ1n) is 23.0. The summed E-state index contributed by atoms with van der Waals surface area (Å²) >= 11 is 18.1. The van der Waals surface area contributed by atoms with E-state index >= 15 is 0 Å². The fourth-order valence-corrected chi connectivity index (χ4v) is 10.3. The van der Waals surface area contributed by atoms with E-state index in [9.17, 15) is 35.5 Å². The Morgan fingerprint density at radius 3 is 2.17 bits per heavy atom. The lowest BCUT2D eigenvalue weighted by Gasteiger charge is -2.25. The number of allylic oxidation sites excluding steroid dienone is 6. The van der Waals surface area contributed by atoms with Crippen LogP contribution in [0.5, 0.6) is 6.01 Å². The number of ether oxygens (including phenoxy) is 1. The second-order valence-electron chi connectivity index (χ2n) is 18.1. The molecule has 0 fully saturated rings.